The molecule has 0 aliphatic rings. The van der Waals surface area contributed by atoms with Crippen LogP contribution in [0.3, 0.4) is 0 Å². The average molecular weight is 260 g/mol. The van der Waals surface area contributed by atoms with E-state index in [1.807, 2.05) is 18.5 Å². The summed E-state index contributed by atoms with van der Waals surface area (Å²) in [6.45, 7) is 5.08. The third-order valence-corrected chi connectivity index (χ3v) is 4.59. The molecule has 0 aromatic carbocycles. The predicted octanol–water partition coefficient (Wildman–Crippen LogP) is 0.450. The second-order valence-corrected chi connectivity index (χ2v) is 6.37. The Balaban J connectivity index is 2.89. The van der Waals surface area contributed by atoms with Crippen molar-refractivity contribution in [1.82, 2.24) is 18.4 Å². The van der Waals surface area contributed by atoms with Crippen molar-refractivity contribution in [3.63, 3.8) is 0 Å². The van der Waals surface area contributed by atoms with E-state index in [2.05, 4.69) is 5.10 Å². The van der Waals surface area contributed by atoms with Crippen LogP contribution in [0.2, 0.25) is 0 Å². The lowest BCUT2D eigenvalue weighted by Crippen LogP contribution is -2.36. The van der Waals surface area contributed by atoms with Gasteiger partial charge in [0.15, 0.2) is 0 Å². The predicted molar refractivity (Wildman–Crippen MR) is 66.7 cm³/mol. The second-order valence-electron chi connectivity index (χ2n) is 4.12. The molecule has 0 amide bonds. The van der Waals surface area contributed by atoms with Gasteiger partial charge in [-0.2, -0.15) is 22.1 Å². The van der Waals surface area contributed by atoms with Crippen LogP contribution in [-0.2, 0) is 23.3 Å². The molecule has 0 saturated heterocycles. The summed E-state index contributed by atoms with van der Waals surface area (Å²) >= 11 is 0. The number of rotatable bonds is 5. The Morgan fingerprint density at radius 3 is 2.35 bits per heavy atom. The lowest BCUT2D eigenvalue weighted by molar-refractivity contribution is 0.413. The van der Waals surface area contributed by atoms with Crippen LogP contribution in [-0.4, -0.2) is 48.0 Å². The quantitative estimate of drug-likeness (QED) is 0.772. The minimum Gasteiger partial charge on any atom is -0.270 e. The normalized spacial score (nSPS) is 12.6. The van der Waals surface area contributed by atoms with Crippen LogP contribution in [0.25, 0.3) is 0 Å². The molecular weight excluding hydrogens is 240 g/mol. The van der Waals surface area contributed by atoms with E-state index in [0.29, 0.717) is 6.54 Å². The maximum Gasteiger partial charge on any atom is 0.281 e. The van der Waals surface area contributed by atoms with Crippen molar-refractivity contribution in [2.45, 2.75) is 26.9 Å². The largest absolute Gasteiger partial charge is 0.281 e. The lowest BCUT2D eigenvalue weighted by Gasteiger charge is -2.21. The van der Waals surface area contributed by atoms with Crippen molar-refractivity contribution in [3.05, 3.63) is 17.5 Å². The van der Waals surface area contributed by atoms with Crippen LogP contribution in [0.4, 0.5) is 0 Å². The van der Waals surface area contributed by atoms with E-state index < -0.39 is 10.2 Å². The van der Waals surface area contributed by atoms with Gasteiger partial charge in [-0.15, -0.1) is 0 Å². The first-order chi connectivity index (χ1) is 7.80. The Hall–Kier alpha value is -0.920. The van der Waals surface area contributed by atoms with Gasteiger partial charge in [0.2, 0.25) is 0 Å². The maximum absolute atomic E-state index is 11.8. The molecule has 17 heavy (non-hydrogen) atoms. The Kier molecular flexibility index (Phi) is 4.29. The fourth-order valence-corrected chi connectivity index (χ4v) is 2.42. The highest BCUT2D eigenvalue weighted by atomic mass is 32.2. The Bertz CT molecular complexity index is 478. The number of hydrogen-bond acceptors (Lipinski definition) is 3. The van der Waals surface area contributed by atoms with Crippen LogP contribution >= 0.6 is 0 Å². The van der Waals surface area contributed by atoms with Gasteiger partial charge in [-0.25, -0.2) is 0 Å². The summed E-state index contributed by atoms with van der Waals surface area (Å²) < 4.78 is 28.1. The van der Waals surface area contributed by atoms with E-state index in [9.17, 15) is 8.42 Å². The molecule has 0 saturated carbocycles. The third-order valence-electron chi connectivity index (χ3n) is 2.75. The molecule has 7 heteroatoms. The van der Waals surface area contributed by atoms with Crippen molar-refractivity contribution in [2.24, 2.45) is 0 Å². The molecule has 0 radical (unpaired) electrons. The van der Waals surface area contributed by atoms with Crippen molar-refractivity contribution >= 4 is 10.2 Å². The molecular formula is C10H20N4O2S. The van der Waals surface area contributed by atoms with Gasteiger partial charge in [0.05, 0.1) is 6.20 Å². The number of aromatic nitrogens is 2. The van der Waals surface area contributed by atoms with Gasteiger partial charge in [-0.05, 0) is 13.8 Å². The first-order valence-corrected chi connectivity index (χ1v) is 6.85. The second kappa shape index (κ2) is 5.16. The molecule has 0 aliphatic carbocycles. The smallest absolute Gasteiger partial charge is 0.270 e. The molecule has 1 rings (SSSR count). The van der Waals surface area contributed by atoms with Crippen molar-refractivity contribution in [1.29, 1.82) is 0 Å². The third kappa shape index (κ3) is 2.85. The number of hydrogen-bond donors (Lipinski definition) is 0. The monoisotopic (exact) mass is 260 g/mol. The summed E-state index contributed by atoms with van der Waals surface area (Å²) in [5.74, 6) is 0. The van der Waals surface area contributed by atoms with Crippen LogP contribution in [0.15, 0.2) is 6.20 Å². The molecule has 0 atom stereocenters. The van der Waals surface area contributed by atoms with Crippen LogP contribution in [0, 0.1) is 6.92 Å². The molecule has 1 heterocycles. The van der Waals surface area contributed by atoms with Crippen LogP contribution in [0.1, 0.15) is 18.2 Å². The molecule has 0 spiro atoms. The van der Waals surface area contributed by atoms with Gasteiger partial charge in [0.25, 0.3) is 10.2 Å². The Morgan fingerprint density at radius 2 is 1.94 bits per heavy atom. The Morgan fingerprint density at radius 1 is 1.35 bits per heavy atom. The van der Waals surface area contributed by atoms with Crippen molar-refractivity contribution < 1.29 is 8.42 Å². The molecule has 0 aliphatic heterocycles. The standard InChI is InChI=1S/C10H20N4O2S/c1-6-14-9(2)10(7-11-14)8-13(5)17(15,16)12(3)4/h7H,6,8H2,1-5H3. The van der Waals surface area contributed by atoms with Gasteiger partial charge >= 0.3 is 0 Å². The highest BCUT2D eigenvalue weighted by Crippen LogP contribution is 2.12. The molecule has 0 bridgehead atoms. The zero-order valence-electron chi connectivity index (χ0n) is 11.0. The summed E-state index contributed by atoms with van der Waals surface area (Å²) in [6, 6.07) is 0. The van der Waals surface area contributed by atoms with E-state index in [4.69, 9.17) is 0 Å². The summed E-state index contributed by atoms with van der Waals surface area (Å²) in [6.07, 6.45) is 1.72. The first-order valence-electron chi connectivity index (χ1n) is 5.45. The first kappa shape index (κ1) is 14.1. The summed E-state index contributed by atoms with van der Waals surface area (Å²) in [7, 11) is 1.25. The lowest BCUT2D eigenvalue weighted by atomic mass is 10.2. The van der Waals surface area contributed by atoms with Gasteiger partial charge in [0.1, 0.15) is 0 Å². The van der Waals surface area contributed by atoms with Gasteiger partial charge in [-0.1, -0.05) is 0 Å². The molecule has 6 nitrogen and oxygen atoms in total. The minimum atomic E-state index is -3.36. The molecule has 0 fully saturated rings. The fraction of sp³-hybridized carbons (Fsp3) is 0.700. The highest BCUT2D eigenvalue weighted by Gasteiger charge is 2.21. The van der Waals surface area contributed by atoms with Crippen LogP contribution < -0.4 is 0 Å². The molecule has 1 aromatic rings. The minimum absolute atomic E-state index is 0.340. The average Bonchev–Trinajstić information content (AvgIpc) is 2.59. The van der Waals surface area contributed by atoms with Gasteiger partial charge < -0.3 is 0 Å². The van der Waals surface area contributed by atoms with Crippen molar-refractivity contribution in [2.75, 3.05) is 21.1 Å². The van der Waals surface area contributed by atoms with E-state index in [1.165, 1.54) is 22.7 Å². The van der Waals surface area contributed by atoms with Gasteiger partial charge in [0, 0.05) is 45.5 Å². The van der Waals surface area contributed by atoms with Gasteiger partial charge in [-0.3, -0.25) is 4.68 Å². The Labute approximate surface area is 103 Å². The van der Waals surface area contributed by atoms with E-state index in [1.54, 1.807) is 13.2 Å². The number of aryl methyl sites for hydroxylation is 1. The summed E-state index contributed by atoms with van der Waals surface area (Å²) in [5, 5.41) is 4.20. The SMILES string of the molecule is CCn1ncc(CN(C)S(=O)(=O)N(C)C)c1C. The maximum atomic E-state index is 11.8. The summed E-state index contributed by atoms with van der Waals surface area (Å²) in [5.41, 5.74) is 1.94. The van der Waals surface area contributed by atoms with E-state index in [-0.39, 0.29) is 0 Å². The zero-order chi connectivity index (χ0) is 13.2. The fourth-order valence-electron chi connectivity index (χ4n) is 1.56. The number of nitrogens with zero attached hydrogens (tertiary/aromatic N) is 4. The molecule has 98 valence electrons. The van der Waals surface area contributed by atoms with E-state index >= 15 is 0 Å². The zero-order valence-corrected chi connectivity index (χ0v) is 11.8. The summed E-state index contributed by atoms with van der Waals surface area (Å²) in [4.78, 5) is 0. The molecule has 1 aromatic heterocycles. The highest BCUT2D eigenvalue weighted by molar-refractivity contribution is 7.86. The van der Waals surface area contributed by atoms with E-state index in [0.717, 1.165) is 17.8 Å². The molecule has 0 N–H and O–H groups in total. The van der Waals surface area contributed by atoms with Crippen molar-refractivity contribution in [3.8, 4) is 0 Å². The molecule has 0 unspecified atom stereocenters. The topological polar surface area (TPSA) is 58.4 Å². The van der Waals surface area contributed by atoms with Crippen LogP contribution in [0.5, 0.6) is 0 Å².